The van der Waals surface area contributed by atoms with E-state index in [-0.39, 0.29) is 0 Å². The first kappa shape index (κ1) is 11.9. The average molecular weight is 214 g/mol. The lowest BCUT2D eigenvalue weighted by molar-refractivity contribution is -0.146. The van der Waals surface area contributed by atoms with Crippen molar-refractivity contribution in [1.29, 1.82) is 0 Å². The molecular weight excluding hydrogens is 200 g/mol. The van der Waals surface area contributed by atoms with E-state index in [1.165, 1.54) is 25.2 Å². The fraction of sp³-hybridized carbons (Fsp3) is 0.500. The van der Waals surface area contributed by atoms with Crippen LogP contribution in [0.1, 0.15) is 6.92 Å². The molecule has 0 bridgehead atoms. The van der Waals surface area contributed by atoms with Gasteiger partial charge in [-0.2, -0.15) is 0 Å². The third kappa shape index (κ3) is 3.47. The van der Waals surface area contributed by atoms with Gasteiger partial charge in [-0.25, -0.2) is 4.79 Å². The minimum atomic E-state index is -1.04. The Morgan fingerprint density at radius 3 is 2.80 bits per heavy atom. The fourth-order valence-corrected chi connectivity index (χ4v) is 1.07. The minimum absolute atomic E-state index is 0.540. The highest BCUT2D eigenvalue weighted by Crippen LogP contribution is 2.10. The summed E-state index contributed by atoms with van der Waals surface area (Å²) in [7, 11) is 0. The summed E-state index contributed by atoms with van der Waals surface area (Å²) in [5.74, 6) is -0.540. The van der Waals surface area contributed by atoms with Crippen LogP contribution in [0, 0.1) is 0 Å². The molecule has 0 unspecified atom stereocenters. The predicted octanol–water partition coefficient (Wildman–Crippen LogP) is -0.873. The first-order valence-electron chi connectivity index (χ1n) is 4.62. The minimum Gasteiger partial charge on any atom is -0.452 e. The SMILES string of the molecule is C[C@H](O)[C@@H](O)/C=C/[C@H]1OC(=O)C=C[C@H]1O. The number of ether oxygens (including phenoxy) is 1. The van der Waals surface area contributed by atoms with Crippen molar-refractivity contribution in [2.24, 2.45) is 0 Å². The maximum absolute atomic E-state index is 10.8. The number of aliphatic hydroxyl groups excluding tert-OH is 3. The molecule has 0 aliphatic carbocycles. The number of hydrogen-bond acceptors (Lipinski definition) is 5. The van der Waals surface area contributed by atoms with Crippen molar-refractivity contribution in [3.63, 3.8) is 0 Å². The van der Waals surface area contributed by atoms with E-state index in [9.17, 15) is 15.0 Å². The van der Waals surface area contributed by atoms with Gasteiger partial charge in [0.2, 0.25) is 0 Å². The molecule has 5 heteroatoms. The van der Waals surface area contributed by atoms with Crippen molar-refractivity contribution in [3.05, 3.63) is 24.3 Å². The summed E-state index contributed by atoms with van der Waals surface area (Å²) in [6.07, 6.45) is 1.41. The van der Waals surface area contributed by atoms with Gasteiger partial charge in [-0.15, -0.1) is 0 Å². The zero-order valence-electron chi connectivity index (χ0n) is 8.28. The van der Waals surface area contributed by atoms with Gasteiger partial charge < -0.3 is 20.1 Å². The Morgan fingerprint density at radius 2 is 2.20 bits per heavy atom. The van der Waals surface area contributed by atoms with Crippen LogP contribution in [0.25, 0.3) is 0 Å². The molecule has 5 nitrogen and oxygen atoms in total. The zero-order chi connectivity index (χ0) is 11.4. The van der Waals surface area contributed by atoms with Gasteiger partial charge in [0.25, 0.3) is 0 Å². The molecular formula is C10H14O5. The van der Waals surface area contributed by atoms with Crippen LogP contribution >= 0.6 is 0 Å². The van der Waals surface area contributed by atoms with Crippen LogP contribution in [0.2, 0.25) is 0 Å². The summed E-state index contributed by atoms with van der Waals surface area (Å²) < 4.78 is 4.77. The Hall–Kier alpha value is -1.17. The van der Waals surface area contributed by atoms with Gasteiger partial charge >= 0.3 is 5.97 Å². The van der Waals surface area contributed by atoms with Crippen molar-refractivity contribution in [3.8, 4) is 0 Å². The topological polar surface area (TPSA) is 87.0 Å². The first-order chi connectivity index (χ1) is 7.00. The van der Waals surface area contributed by atoms with E-state index >= 15 is 0 Å². The lowest BCUT2D eigenvalue weighted by Crippen LogP contribution is -2.32. The second kappa shape index (κ2) is 5.06. The number of carbonyl (C=O) groups is 1. The summed E-state index contributed by atoms with van der Waals surface area (Å²) in [4.78, 5) is 10.8. The van der Waals surface area contributed by atoms with Crippen LogP contribution in [-0.4, -0.2) is 45.7 Å². The molecule has 0 fully saturated rings. The molecule has 0 saturated carbocycles. The number of hydrogen-bond donors (Lipinski definition) is 3. The summed E-state index contributed by atoms with van der Waals surface area (Å²) in [5, 5.41) is 27.6. The number of esters is 1. The normalized spacial score (nSPS) is 30.3. The van der Waals surface area contributed by atoms with Crippen LogP contribution in [0.3, 0.4) is 0 Å². The molecule has 0 aromatic rings. The third-order valence-electron chi connectivity index (χ3n) is 2.01. The molecule has 4 atom stereocenters. The lowest BCUT2D eigenvalue weighted by atomic mass is 10.1. The smallest absolute Gasteiger partial charge is 0.331 e. The van der Waals surface area contributed by atoms with E-state index in [4.69, 9.17) is 9.84 Å². The number of cyclic esters (lactones) is 1. The van der Waals surface area contributed by atoms with E-state index in [0.29, 0.717) is 0 Å². The van der Waals surface area contributed by atoms with Gasteiger partial charge in [-0.1, -0.05) is 6.08 Å². The quantitative estimate of drug-likeness (QED) is 0.420. The van der Waals surface area contributed by atoms with Crippen LogP contribution in [-0.2, 0) is 9.53 Å². The molecule has 1 aliphatic rings. The fourth-order valence-electron chi connectivity index (χ4n) is 1.07. The summed E-state index contributed by atoms with van der Waals surface area (Å²) >= 11 is 0. The number of rotatable bonds is 3. The first-order valence-corrected chi connectivity index (χ1v) is 4.62. The largest absolute Gasteiger partial charge is 0.452 e. The molecule has 1 heterocycles. The van der Waals surface area contributed by atoms with Crippen molar-refractivity contribution in [2.75, 3.05) is 0 Å². The van der Waals surface area contributed by atoms with Gasteiger partial charge in [-0.3, -0.25) is 0 Å². The van der Waals surface area contributed by atoms with E-state index in [1.54, 1.807) is 0 Å². The Bertz CT molecular complexity index is 282. The Kier molecular flexibility index (Phi) is 4.02. The van der Waals surface area contributed by atoms with Crippen molar-refractivity contribution >= 4 is 5.97 Å². The maximum Gasteiger partial charge on any atom is 0.331 e. The van der Waals surface area contributed by atoms with Crippen LogP contribution in [0.4, 0.5) is 0 Å². The van der Waals surface area contributed by atoms with Crippen molar-refractivity contribution in [2.45, 2.75) is 31.3 Å². The molecule has 0 radical (unpaired) electrons. The highest BCUT2D eigenvalue weighted by molar-refractivity contribution is 5.83. The summed E-state index contributed by atoms with van der Waals surface area (Å²) in [6, 6.07) is 0. The van der Waals surface area contributed by atoms with E-state index in [0.717, 1.165) is 6.08 Å². The Balaban J connectivity index is 2.58. The molecule has 84 valence electrons. The molecule has 0 amide bonds. The van der Waals surface area contributed by atoms with Gasteiger partial charge in [0.1, 0.15) is 12.2 Å². The molecule has 1 rings (SSSR count). The second-order valence-corrected chi connectivity index (χ2v) is 3.37. The summed E-state index contributed by atoms with van der Waals surface area (Å²) in [6.45, 7) is 1.43. The standard InChI is InChI=1S/C10H14O5/c1-6(11)7(12)2-4-9-8(13)3-5-10(14)15-9/h2-9,11-13H,1H3/b4-2+/t6-,7-,8+,9+/m0/s1. The molecule has 0 aromatic heterocycles. The average Bonchev–Trinajstić information content (AvgIpc) is 2.18. The van der Waals surface area contributed by atoms with Crippen molar-refractivity contribution in [1.82, 2.24) is 0 Å². The monoisotopic (exact) mass is 214 g/mol. The van der Waals surface area contributed by atoms with Gasteiger partial charge in [0, 0.05) is 6.08 Å². The molecule has 1 aliphatic heterocycles. The van der Waals surface area contributed by atoms with E-state index in [2.05, 4.69) is 0 Å². The van der Waals surface area contributed by atoms with Crippen LogP contribution in [0.5, 0.6) is 0 Å². The number of aliphatic hydroxyl groups is 3. The van der Waals surface area contributed by atoms with E-state index in [1.807, 2.05) is 0 Å². The molecule has 0 saturated heterocycles. The summed E-state index contributed by atoms with van der Waals surface area (Å²) in [5.41, 5.74) is 0. The highest BCUT2D eigenvalue weighted by atomic mass is 16.6. The van der Waals surface area contributed by atoms with Gasteiger partial charge in [-0.05, 0) is 19.1 Å². The molecule has 0 aromatic carbocycles. The van der Waals surface area contributed by atoms with Crippen LogP contribution < -0.4 is 0 Å². The Morgan fingerprint density at radius 1 is 1.53 bits per heavy atom. The number of carbonyl (C=O) groups excluding carboxylic acids is 1. The zero-order valence-corrected chi connectivity index (χ0v) is 8.28. The van der Waals surface area contributed by atoms with Gasteiger partial charge in [0.05, 0.1) is 12.2 Å². The van der Waals surface area contributed by atoms with Crippen molar-refractivity contribution < 1.29 is 24.9 Å². The van der Waals surface area contributed by atoms with Crippen LogP contribution in [0.15, 0.2) is 24.3 Å². The molecule has 0 spiro atoms. The second-order valence-electron chi connectivity index (χ2n) is 3.37. The Labute approximate surface area is 87.3 Å². The van der Waals surface area contributed by atoms with Gasteiger partial charge in [0.15, 0.2) is 0 Å². The van der Waals surface area contributed by atoms with E-state index < -0.39 is 30.4 Å². The molecule has 15 heavy (non-hydrogen) atoms. The predicted molar refractivity (Wildman–Crippen MR) is 51.9 cm³/mol. The molecule has 3 N–H and O–H groups in total. The highest BCUT2D eigenvalue weighted by Gasteiger charge is 2.22. The maximum atomic E-state index is 10.8. The third-order valence-corrected chi connectivity index (χ3v) is 2.01. The lowest BCUT2D eigenvalue weighted by Gasteiger charge is -2.21.